The van der Waals surface area contributed by atoms with Crippen molar-refractivity contribution in [3.05, 3.63) is 76.4 Å². The van der Waals surface area contributed by atoms with Crippen LogP contribution in [0.15, 0.2) is 65.3 Å². The Morgan fingerprint density at radius 2 is 1.52 bits per heavy atom. The number of anilines is 1. The van der Waals surface area contributed by atoms with Gasteiger partial charge in [0, 0.05) is 28.0 Å². The van der Waals surface area contributed by atoms with E-state index >= 15 is 0 Å². The molecule has 2 N–H and O–H groups in total. The third-order valence-electron chi connectivity index (χ3n) is 2.75. The number of rotatable bonds is 5. The summed E-state index contributed by atoms with van der Waals surface area (Å²) in [6, 6.07) is 13.3. The van der Waals surface area contributed by atoms with Crippen molar-refractivity contribution in [1.29, 1.82) is 0 Å². The number of allylic oxidation sites excluding steroid dienone is 1. The van der Waals surface area contributed by atoms with Crippen LogP contribution in [0.2, 0.25) is 0 Å². The molecule has 0 aliphatic heterocycles. The quantitative estimate of drug-likeness (QED) is 0.635. The zero-order valence-electron chi connectivity index (χ0n) is 10.9. The first kappa shape index (κ1) is 15.0. The number of hydrogen-bond acceptors (Lipinski definition) is 3. The van der Waals surface area contributed by atoms with E-state index in [1.54, 1.807) is 36.4 Å². The van der Waals surface area contributed by atoms with Gasteiger partial charge in [-0.05, 0) is 48.5 Å². The summed E-state index contributed by atoms with van der Waals surface area (Å²) in [6.07, 6.45) is 2.95. The molecule has 2 aromatic carbocycles. The minimum atomic E-state index is -0.970. The summed E-state index contributed by atoms with van der Waals surface area (Å²) in [5.41, 5.74) is 1.52. The molecular weight excluding hydrogens is 334 g/mol. The molecule has 0 radical (unpaired) electrons. The number of nitrogens with one attached hydrogen (secondary N) is 1. The molecular formula is C16H12BrNO3. The van der Waals surface area contributed by atoms with E-state index in [1.807, 2.05) is 0 Å². The second-order valence-corrected chi connectivity index (χ2v) is 5.15. The van der Waals surface area contributed by atoms with Crippen LogP contribution in [0.4, 0.5) is 5.69 Å². The zero-order valence-corrected chi connectivity index (χ0v) is 12.5. The fourth-order valence-electron chi connectivity index (χ4n) is 1.63. The van der Waals surface area contributed by atoms with Crippen molar-refractivity contribution in [2.45, 2.75) is 0 Å². The summed E-state index contributed by atoms with van der Waals surface area (Å²) in [7, 11) is 0. The smallest absolute Gasteiger partial charge is 0.335 e. The Kier molecular flexibility index (Phi) is 4.90. The predicted molar refractivity (Wildman–Crippen MR) is 84.6 cm³/mol. The van der Waals surface area contributed by atoms with E-state index in [2.05, 4.69) is 21.2 Å². The number of hydrogen-bond donors (Lipinski definition) is 2. The molecule has 0 spiro atoms. The van der Waals surface area contributed by atoms with Crippen LogP contribution in [-0.4, -0.2) is 16.9 Å². The van der Waals surface area contributed by atoms with Crippen LogP contribution in [0.3, 0.4) is 0 Å². The largest absolute Gasteiger partial charge is 0.478 e. The molecule has 0 aliphatic carbocycles. The third kappa shape index (κ3) is 4.29. The monoisotopic (exact) mass is 345 g/mol. The molecule has 5 heteroatoms. The Hall–Kier alpha value is -2.40. The fourth-order valence-corrected chi connectivity index (χ4v) is 1.90. The molecule has 0 atom stereocenters. The molecule has 0 aliphatic rings. The predicted octanol–water partition coefficient (Wildman–Crippen LogP) is 3.96. The van der Waals surface area contributed by atoms with Crippen LogP contribution >= 0.6 is 15.9 Å². The van der Waals surface area contributed by atoms with Crippen molar-refractivity contribution in [2.24, 2.45) is 0 Å². The normalized spacial score (nSPS) is 10.5. The fraction of sp³-hybridized carbons (Fsp3) is 0. The van der Waals surface area contributed by atoms with E-state index in [0.717, 1.165) is 4.47 Å². The van der Waals surface area contributed by atoms with Crippen LogP contribution in [0.5, 0.6) is 0 Å². The van der Waals surface area contributed by atoms with Gasteiger partial charge in [-0.2, -0.15) is 0 Å². The van der Waals surface area contributed by atoms with Crippen molar-refractivity contribution in [3.63, 3.8) is 0 Å². The lowest BCUT2D eigenvalue weighted by atomic mass is 10.1. The summed E-state index contributed by atoms with van der Waals surface area (Å²) in [6.45, 7) is 0. The van der Waals surface area contributed by atoms with Gasteiger partial charge in [0.25, 0.3) is 0 Å². The van der Waals surface area contributed by atoms with Crippen molar-refractivity contribution in [2.75, 3.05) is 5.32 Å². The molecule has 4 nitrogen and oxygen atoms in total. The molecule has 0 saturated carbocycles. The summed E-state index contributed by atoms with van der Waals surface area (Å²) in [4.78, 5) is 22.6. The lowest BCUT2D eigenvalue weighted by Gasteiger charge is -2.01. The van der Waals surface area contributed by atoms with Gasteiger partial charge in [-0.1, -0.05) is 15.9 Å². The molecule has 0 bridgehead atoms. The third-order valence-corrected chi connectivity index (χ3v) is 3.27. The maximum Gasteiger partial charge on any atom is 0.335 e. The van der Waals surface area contributed by atoms with E-state index in [0.29, 0.717) is 11.3 Å². The van der Waals surface area contributed by atoms with Gasteiger partial charge < -0.3 is 10.4 Å². The standard InChI is InChI=1S/C16H12BrNO3/c17-13-5-1-11(2-6-13)15(19)9-10-18-14-7-3-12(4-8-14)16(20)21/h1-10,18H,(H,20,21)/b10-9-. The molecule has 21 heavy (non-hydrogen) atoms. The minimum absolute atomic E-state index is 0.114. The van der Waals surface area contributed by atoms with Crippen LogP contribution in [-0.2, 0) is 0 Å². The second kappa shape index (κ2) is 6.85. The average molecular weight is 346 g/mol. The van der Waals surface area contributed by atoms with Crippen LogP contribution in [0.1, 0.15) is 20.7 Å². The topological polar surface area (TPSA) is 66.4 Å². The zero-order chi connectivity index (χ0) is 15.2. The molecule has 0 fully saturated rings. The Morgan fingerprint density at radius 1 is 0.952 bits per heavy atom. The summed E-state index contributed by atoms with van der Waals surface area (Å²) >= 11 is 3.31. The first-order valence-electron chi connectivity index (χ1n) is 6.12. The molecule has 106 valence electrons. The number of ketones is 1. The molecule has 0 unspecified atom stereocenters. The van der Waals surface area contributed by atoms with E-state index in [4.69, 9.17) is 5.11 Å². The number of carbonyl (C=O) groups excluding carboxylic acids is 1. The first-order valence-corrected chi connectivity index (χ1v) is 6.92. The van der Waals surface area contributed by atoms with Gasteiger partial charge in [0.1, 0.15) is 0 Å². The van der Waals surface area contributed by atoms with Gasteiger partial charge in [-0.15, -0.1) is 0 Å². The van der Waals surface area contributed by atoms with Crippen molar-refractivity contribution < 1.29 is 14.7 Å². The molecule has 0 heterocycles. The maximum atomic E-state index is 11.9. The SMILES string of the molecule is O=C(O)c1ccc(N/C=C\C(=O)c2ccc(Br)cc2)cc1. The van der Waals surface area contributed by atoms with Gasteiger partial charge >= 0.3 is 5.97 Å². The summed E-state index contributed by atoms with van der Waals surface area (Å²) < 4.78 is 0.916. The van der Waals surface area contributed by atoms with Gasteiger partial charge in [0.05, 0.1) is 5.56 Å². The number of carboxylic acids is 1. The highest BCUT2D eigenvalue weighted by Gasteiger charge is 2.02. The van der Waals surface area contributed by atoms with Crippen molar-refractivity contribution in [3.8, 4) is 0 Å². The Morgan fingerprint density at radius 3 is 2.10 bits per heavy atom. The van der Waals surface area contributed by atoms with Crippen molar-refractivity contribution >= 4 is 33.4 Å². The van der Waals surface area contributed by atoms with E-state index in [9.17, 15) is 9.59 Å². The average Bonchev–Trinajstić information content (AvgIpc) is 2.48. The lowest BCUT2D eigenvalue weighted by molar-refractivity contribution is 0.0696. The highest BCUT2D eigenvalue weighted by atomic mass is 79.9. The Labute approximate surface area is 130 Å². The molecule has 0 saturated heterocycles. The Bertz CT molecular complexity index is 676. The summed E-state index contributed by atoms with van der Waals surface area (Å²) in [5.74, 6) is -1.08. The summed E-state index contributed by atoms with van der Waals surface area (Å²) in [5, 5.41) is 11.7. The van der Waals surface area contributed by atoms with Crippen LogP contribution in [0, 0.1) is 0 Å². The second-order valence-electron chi connectivity index (χ2n) is 4.23. The van der Waals surface area contributed by atoms with Gasteiger partial charge in [0.2, 0.25) is 0 Å². The lowest BCUT2D eigenvalue weighted by Crippen LogP contribution is -1.97. The van der Waals surface area contributed by atoms with Crippen LogP contribution in [0.25, 0.3) is 0 Å². The molecule has 2 rings (SSSR count). The minimum Gasteiger partial charge on any atom is -0.478 e. The highest BCUT2D eigenvalue weighted by molar-refractivity contribution is 9.10. The van der Waals surface area contributed by atoms with Gasteiger partial charge in [-0.25, -0.2) is 4.79 Å². The number of aromatic carboxylic acids is 1. The first-order chi connectivity index (χ1) is 10.1. The van der Waals surface area contributed by atoms with Crippen LogP contribution < -0.4 is 5.32 Å². The molecule has 0 amide bonds. The van der Waals surface area contributed by atoms with Gasteiger partial charge in [0.15, 0.2) is 5.78 Å². The highest BCUT2D eigenvalue weighted by Crippen LogP contribution is 2.12. The Balaban J connectivity index is 1.97. The number of halogens is 1. The molecule has 2 aromatic rings. The number of carbonyl (C=O) groups is 2. The molecule has 0 aromatic heterocycles. The van der Waals surface area contributed by atoms with E-state index < -0.39 is 5.97 Å². The number of benzene rings is 2. The van der Waals surface area contributed by atoms with E-state index in [-0.39, 0.29) is 11.3 Å². The maximum absolute atomic E-state index is 11.9. The van der Waals surface area contributed by atoms with E-state index in [1.165, 1.54) is 24.4 Å². The van der Waals surface area contributed by atoms with Crippen molar-refractivity contribution in [1.82, 2.24) is 0 Å². The number of carboxylic acid groups (broad SMARTS) is 1. The van der Waals surface area contributed by atoms with Gasteiger partial charge in [-0.3, -0.25) is 4.79 Å².